The molecule has 5 nitrogen and oxygen atoms in total. The van der Waals surface area contributed by atoms with Gasteiger partial charge in [-0.2, -0.15) is 5.10 Å². The third kappa shape index (κ3) is 3.85. The second-order valence-electron chi connectivity index (χ2n) is 4.47. The lowest BCUT2D eigenvalue weighted by atomic mass is 10.1. The molecule has 96 valence electrons. The molecule has 1 heterocycles. The normalized spacial score (nSPS) is 13.0. The SMILES string of the molecule is CCC(C)N(CC(=O)O)Cc1cn(C)nc1C. The van der Waals surface area contributed by atoms with Gasteiger partial charge in [0.2, 0.25) is 0 Å². The van der Waals surface area contributed by atoms with Crippen molar-refractivity contribution in [1.29, 1.82) is 0 Å². The average Bonchev–Trinajstić information content (AvgIpc) is 2.54. The van der Waals surface area contributed by atoms with E-state index in [1.807, 2.05) is 25.1 Å². The number of carboxylic acids is 1. The standard InChI is InChI=1S/C12H21N3O2/c1-5-9(2)15(8-12(16)17)7-11-6-14(4)13-10(11)3/h6,9H,5,7-8H2,1-4H3,(H,16,17). The average molecular weight is 239 g/mol. The van der Waals surface area contributed by atoms with Crippen molar-refractivity contribution >= 4 is 5.97 Å². The first-order valence-electron chi connectivity index (χ1n) is 5.89. The van der Waals surface area contributed by atoms with Crippen LogP contribution in [0, 0.1) is 6.92 Å². The zero-order valence-electron chi connectivity index (χ0n) is 11.0. The van der Waals surface area contributed by atoms with E-state index in [0.717, 1.165) is 17.7 Å². The molecule has 0 spiro atoms. The van der Waals surface area contributed by atoms with Crippen LogP contribution in [0.3, 0.4) is 0 Å². The van der Waals surface area contributed by atoms with E-state index in [1.54, 1.807) is 4.68 Å². The van der Waals surface area contributed by atoms with Crippen LogP contribution < -0.4 is 0 Å². The van der Waals surface area contributed by atoms with Gasteiger partial charge < -0.3 is 5.11 Å². The molecule has 0 amide bonds. The number of hydrogen-bond acceptors (Lipinski definition) is 3. The summed E-state index contributed by atoms with van der Waals surface area (Å²) in [6.07, 6.45) is 2.89. The number of nitrogens with zero attached hydrogens (tertiary/aromatic N) is 3. The van der Waals surface area contributed by atoms with Crippen molar-refractivity contribution in [1.82, 2.24) is 14.7 Å². The molecular formula is C12H21N3O2. The third-order valence-corrected chi connectivity index (χ3v) is 3.04. The molecule has 1 atom stereocenters. The fourth-order valence-corrected chi connectivity index (χ4v) is 1.82. The zero-order valence-corrected chi connectivity index (χ0v) is 11.0. The topological polar surface area (TPSA) is 58.4 Å². The summed E-state index contributed by atoms with van der Waals surface area (Å²) >= 11 is 0. The van der Waals surface area contributed by atoms with E-state index in [1.165, 1.54) is 0 Å². The monoisotopic (exact) mass is 239 g/mol. The second-order valence-corrected chi connectivity index (χ2v) is 4.47. The summed E-state index contributed by atoms with van der Waals surface area (Å²) in [7, 11) is 1.88. The Kier molecular flexibility index (Phi) is 4.69. The number of carboxylic acid groups (broad SMARTS) is 1. The van der Waals surface area contributed by atoms with Gasteiger partial charge >= 0.3 is 5.97 Å². The minimum absolute atomic E-state index is 0.0728. The molecule has 0 aliphatic carbocycles. The lowest BCUT2D eigenvalue weighted by Crippen LogP contribution is -2.36. The van der Waals surface area contributed by atoms with Gasteiger partial charge in [-0.25, -0.2) is 0 Å². The van der Waals surface area contributed by atoms with Crippen LogP contribution in [0.1, 0.15) is 31.5 Å². The Morgan fingerprint density at radius 1 is 1.65 bits per heavy atom. The highest BCUT2D eigenvalue weighted by molar-refractivity contribution is 5.69. The molecular weight excluding hydrogens is 218 g/mol. The first-order valence-corrected chi connectivity index (χ1v) is 5.89. The van der Waals surface area contributed by atoms with Crippen LogP contribution in [0.15, 0.2) is 6.20 Å². The Morgan fingerprint density at radius 3 is 2.71 bits per heavy atom. The minimum Gasteiger partial charge on any atom is -0.480 e. The van der Waals surface area contributed by atoms with Gasteiger partial charge in [0.25, 0.3) is 0 Å². The smallest absolute Gasteiger partial charge is 0.317 e. The number of rotatable bonds is 6. The summed E-state index contributed by atoms with van der Waals surface area (Å²) in [6.45, 7) is 6.78. The molecule has 0 aliphatic heterocycles. The molecule has 1 aromatic heterocycles. The van der Waals surface area contributed by atoms with Crippen LogP contribution >= 0.6 is 0 Å². The summed E-state index contributed by atoms with van der Waals surface area (Å²) < 4.78 is 1.76. The zero-order chi connectivity index (χ0) is 13.0. The Hall–Kier alpha value is -1.36. The van der Waals surface area contributed by atoms with Crippen LogP contribution in [-0.2, 0) is 18.4 Å². The molecule has 0 saturated carbocycles. The van der Waals surface area contributed by atoms with E-state index < -0.39 is 5.97 Å². The molecule has 0 fully saturated rings. The number of aromatic nitrogens is 2. The molecule has 5 heteroatoms. The lowest BCUT2D eigenvalue weighted by Gasteiger charge is -2.26. The van der Waals surface area contributed by atoms with E-state index >= 15 is 0 Å². The summed E-state index contributed by atoms with van der Waals surface area (Å²) in [4.78, 5) is 12.8. The Bertz CT molecular complexity index is 387. The molecule has 1 unspecified atom stereocenters. The number of carbonyl (C=O) groups is 1. The Balaban J connectivity index is 2.78. The molecule has 0 radical (unpaired) electrons. The van der Waals surface area contributed by atoms with Crippen LogP contribution in [0.5, 0.6) is 0 Å². The molecule has 1 aromatic rings. The van der Waals surface area contributed by atoms with Gasteiger partial charge in [0, 0.05) is 31.4 Å². The predicted molar refractivity (Wildman–Crippen MR) is 65.7 cm³/mol. The van der Waals surface area contributed by atoms with Crippen LogP contribution in [0.4, 0.5) is 0 Å². The van der Waals surface area contributed by atoms with Gasteiger partial charge in [0.15, 0.2) is 0 Å². The van der Waals surface area contributed by atoms with Crippen LogP contribution in [0.2, 0.25) is 0 Å². The first-order chi connectivity index (χ1) is 7.93. The maximum atomic E-state index is 10.8. The Labute approximate surface area is 102 Å². The van der Waals surface area contributed by atoms with Gasteiger partial charge in [-0.1, -0.05) is 6.92 Å². The maximum absolute atomic E-state index is 10.8. The molecule has 0 bridgehead atoms. The molecule has 0 aliphatic rings. The van der Waals surface area contributed by atoms with E-state index in [4.69, 9.17) is 5.11 Å². The summed E-state index contributed by atoms with van der Waals surface area (Å²) in [5.74, 6) is -0.785. The van der Waals surface area contributed by atoms with Gasteiger partial charge in [0.05, 0.1) is 12.2 Å². The van der Waals surface area contributed by atoms with Crippen molar-refractivity contribution in [2.75, 3.05) is 6.54 Å². The Morgan fingerprint density at radius 2 is 2.29 bits per heavy atom. The summed E-state index contributed by atoms with van der Waals surface area (Å²) in [6, 6.07) is 0.255. The minimum atomic E-state index is -0.785. The summed E-state index contributed by atoms with van der Waals surface area (Å²) in [5, 5.41) is 13.2. The molecule has 1 N–H and O–H groups in total. The fraction of sp³-hybridized carbons (Fsp3) is 0.667. The van der Waals surface area contributed by atoms with Crippen molar-refractivity contribution in [3.63, 3.8) is 0 Å². The molecule has 0 aromatic carbocycles. The van der Waals surface area contributed by atoms with Crippen molar-refractivity contribution in [3.05, 3.63) is 17.5 Å². The molecule has 17 heavy (non-hydrogen) atoms. The van der Waals surface area contributed by atoms with E-state index in [0.29, 0.717) is 6.54 Å². The number of hydrogen-bond donors (Lipinski definition) is 1. The van der Waals surface area contributed by atoms with Crippen LogP contribution in [0.25, 0.3) is 0 Å². The predicted octanol–water partition coefficient (Wildman–Crippen LogP) is 1.41. The van der Waals surface area contributed by atoms with E-state index in [-0.39, 0.29) is 12.6 Å². The van der Waals surface area contributed by atoms with Gasteiger partial charge in [0.1, 0.15) is 0 Å². The maximum Gasteiger partial charge on any atom is 0.317 e. The van der Waals surface area contributed by atoms with Crippen molar-refractivity contribution < 1.29 is 9.90 Å². The fourth-order valence-electron chi connectivity index (χ4n) is 1.82. The number of aryl methyl sites for hydroxylation is 2. The second kappa shape index (κ2) is 5.82. The highest BCUT2D eigenvalue weighted by Gasteiger charge is 2.17. The first kappa shape index (κ1) is 13.7. The summed E-state index contributed by atoms with van der Waals surface area (Å²) in [5.41, 5.74) is 2.06. The molecule has 1 rings (SSSR count). The quantitative estimate of drug-likeness (QED) is 0.815. The van der Waals surface area contributed by atoms with Gasteiger partial charge in [-0.3, -0.25) is 14.4 Å². The van der Waals surface area contributed by atoms with Crippen molar-refractivity contribution in [2.24, 2.45) is 7.05 Å². The molecule has 0 saturated heterocycles. The van der Waals surface area contributed by atoms with Crippen molar-refractivity contribution in [3.8, 4) is 0 Å². The van der Waals surface area contributed by atoms with Crippen molar-refractivity contribution in [2.45, 2.75) is 39.8 Å². The largest absolute Gasteiger partial charge is 0.480 e. The van der Waals surface area contributed by atoms with Gasteiger partial charge in [-0.15, -0.1) is 0 Å². The highest BCUT2D eigenvalue weighted by Crippen LogP contribution is 2.12. The van der Waals surface area contributed by atoms with Gasteiger partial charge in [-0.05, 0) is 20.3 Å². The van der Waals surface area contributed by atoms with E-state index in [9.17, 15) is 4.79 Å². The highest BCUT2D eigenvalue weighted by atomic mass is 16.4. The third-order valence-electron chi connectivity index (χ3n) is 3.04. The number of aliphatic carboxylic acids is 1. The van der Waals surface area contributed by atoms with Crippen LogP contribution in [-0.4, -0.2) is 38.3 Å². The van der Waals surface area contributed by atoms with E-state index in [2.05, 4.69) is 18.9 Å². The lowest BCUT2D eigenvalue weighted by molar-refractivity contribution is -0.139.